The van der Waals surface area contributed by atoms with E-state index in [0.717, 1.165) is 12.0 Å². The standard InChI is InChI=1S/C12H13FO/c1-7-9(4-3-5-12(7)13)11-6-10(11)8(2)14/h3-5,10-11H,6H2,1-2H3/t10-,11+/m1/s1. The van der Waals surface area contributed by atoms with E-state index in [0.29, 0.717) is 5.56 Å². The third-order valence-corrected chi connectivity index (χ3v) is 3.02. The fourth-order valence-electron chi connectivity index (χ4n) is 2.01. The summed E-state index contributed by atoms with van der Waals surface area (Å²) in [6, 6.07) is 5.10. The minimum atomic E-state index is -0.170. The second-order valence-corrected chi connectivity index (χ2v) is 4.01. The molecule has 2 rings (SSSR count). The SMILES string of the molecule is CC(=O)[C@H]1C[C@H]1c1cccc(F)c1C. The maximum absolute atomic E-state index is 13.2. The molecule has 0 aliphatic heterocycles. The van der Waals surface area contributed by atoms with Crippen molar-refractivity contribution in [3.05, 3.63) is 35.1 Å². The van der Waals surface area contributed by atoms with Crippen LogP contribution in [0.1, 0.15) is 30.4 Å². The van der Waals surface area contributed by atoms with Crippen molar-refractivity contribution >= 4 is 5.78 Å². The number of hydrogen-bond acceptors (Lipinski definition) is 1. The zero-order valence-electron chi connectivity index (χ0n) is 8.38. The summed E-state index contributed by atoms with van der Waals surface area (Å²) < 4.78 is 13.2. The Bertz CT molecular complexity index is 384. The molecule has 14 heavy (non-hydrogen) atoms. The fraction of sp³-hybridized carbons (Fsp3) is 0.417. The van der Waals surface area contributed by atoms with E-state index < -0.39 is 0 Å². The van der Waals surface area contributed by atoms with Gasteiger partial charge < -0.3 is 0 Å². The fourth-order valence-corrected chi connectivity index (χ4v) is 2.01. The van der Waals surface area contributed by atoms with Crippen LogP contribution in [0, 0.1) is 18.7 Å². The van der Waals surface area contributed by atoms with Crippen LogP contribution in [-0.4, -0.2) is 5.78 Å². The Kier molecular flexibility index (Phi) is 2.14. The van der Waals surface area contributed by atoms with Gasteiger partial charge in [0.25, 0.3) is 0 Å². The highest BCUT2D eigenvalue weighted by Gasteiger charge is 2.42. The van der Waals surface area contributed by atoms with E-state index in [1.54, 1.807) is 19.9 Å². The molecule has 0 bridgehead atoms. The molecule has 2 atom stereocenters. The first kappa shape index (κ1) is 9.38. The van der Waals surface area contributed by atoms with E-state index in [1.165, 1.54) is 6.07 Å². The van der Waals surface area contributed by atoms with Gasteiger partial charge in [-0.1, -0.05) is 12.1 Å². The highest BCUT2D eigenvalue weighted by atomic mass is 19.1. The lowest BCUT2D eigenvalue weighted by Crippen LogP contribution is -1.97. The summed E-state index contributed by atoms with van der Waals surface area (Å²) in [4.78, 5) is 11.1. The van der Waals surface area contributed by atoms with Gasteiger partial charge in [0, 0.05) is 5.92 Å². The highest BCUT2D eigenvalue weighted by molar-refractivity contribution is 5.82. The van der Waals surface area contributed by atoms with Crippen molar-refractivity contribution in [2.45, 2.75) is 26.2 Å². The van der Waals surface area contributed by atoms with Crippen LogP contribution < -0.4 is 0 Å². The van der Waals surface area contributed by atoms with Gasteiger partial charge in [0.15, 0.2) is 0 Å². The Labute approximate surface area is 82.9 Å². The van der Waals surface area contributed by atoms with Crippen LogP contribution in [0.25, 0.3) is 0 Å². The van der Waals surface area contributed by atoms with Gasteiger partial charge in [0.2, 0.25) is 0 Å². The molecule has 0 unspecified atom stereocenters. The van der Waals surface area contributed by atoms with Crippen molar-refractivity contribution in [2.24, 2.45) is 5.92 Å². The van der Waals surface area contributed by atoms with Crippen LogP contribution in [0.5, 0.6) is 0 Å². The zero-order valence-corrected chi connectivity index (χ0v) is 8.38. The molecular weight excluding hydrogens is 179 g/mol. The van der Waals surface area contributed by atoms with Crippen molar-refractivity contribution in [3.8, 4) is 0 Å². The van der Waals surface area contributed by atoms with Gasteiger partial charge in [-0.05, 0) is 43.4 Å². The van der Waals surface area contributed by atoms with Crippen molar-refractivity contribution in [1.29, 1.82) is 0 Å². The van der Waals surface area contributed by atoms with E-state index >= 15 is 0 Å². The Morgan fingerprint density at radius 2 is 2.21 bits per heavy atom. The lowest BCUT2D eigenvalue weighted by atomic mass is 10.0. The Balaban J connectivity index is 2.27. The number of halogens is 1. The van der Waals surface area contributed by atoms with E-state index in [1.807, 2.05) is 6.07 Å². The average Bonchev–Trinajstić information content (AvgIpc) is 2.89. The van der Waals surface area contributed by atoms with E-state index in [-0.39, 0.29) is 23.4 Å². The summed E-state index contributed by atoms with van der Waals surface area (Å²) >= 11 is 0. The molecule has 2 heteroatoms. The average molecular weight is 192 g/mol. The second-order valence-electron chi connectivity index (χ2n) is 4.01. The first-order chi connectivity index (χ1) is 6.61. The number of hydrogen-bond donors (Lipinski definition) is 0. The van der Waals surface area contributed by atoms with Gasteiger partial charge in [0.05, 0.1) is 0 Å². The van der Waals surface area contributed by atoms with Gasteiger partial charge in [-0.15, -0.1) is 0 Å². The molecule has 1 fully saturated rings. The third kappa shape index (κ3) is 1.45. The van der Waals surface area contributed by atoms with Crippen LogP contribution in [0.4, 0.5) is 4.39 Å². The molecular formula is C12H13FO. The predicted octanol–water partition coefficient (Wildman–Crippen LogP) is 2.83. The van der Waals surface area contributed by atoms with Crippen LogP contribution in [0.3, 0.4) is 0 Å². The Morgan fingerprint density at radius 3 is 2.79 bits per heavy atom. The van der Waals surface area contributed by atoms with Gasteiger partial charge in [-0.25, -0.2) is 4.39 Å². The minimum Gasteiger partial charge on any atom is -0.300 e. The maximum atomic E-state index is 13.2. The molecule has 0 spiro atoms. The number of benzene rings is 1. The molecule has 1 saturated carbocycles. The molecule has 0 N–H and O–H groups in total. The summed E-state index contributed by atoms with van der Waals surface area (Å²) in [5.41, 5.74) is 1.70. The first-order valence-corrected chi connectivity index (χ1v) is 4.86. The maximum Gasteiger partial charge on any atom is 0.133 e. The Hall–Kier alpha value is -1.18. The minimum absolute atomic E-state index is 0.135. The number of rotatable bonds is 2. The van der Waals surface area contributed by atoms with Gasteiger partial charge in [-0.3, -0.25) is 4.79 Å². The molecule has 1 aliphatic carbocycles. The topological polar surface area (TPSA) is 17.1 Å². The zero-order chi connectivity index (χ0) is 10.3. The summed E-state index contributed by atoms with van der Waals surface area (Å²) in [5, 5.41) is 0. The molecule has 0 heterocycles. The third-order valence-electron chi connectivity index (χ3n) is 3.02. The monoisotopic (exact) mass is 192 g/mol. The van der Waals surface area contributed by atoms with Crippen LogP contribution in [0.15, 0.2) is 18.2 Å². The molecule has 0 saturated heterocycles. The molecule has 0 radical (unpaired) electrons. The van der Waals surface area contributed by atoms with E-state index in [4.69, 9.17) is 0 Å². The number of carbonyl (C=O) groups excluding carboxylic acids is 1. The van der Waals surface area contributed by atoms with Crippen LogP contribution >= 0.6 is 0 Å². The summed E-state index contributed by atoms with van der Waals surface area (Å²) in [7, 11) is 0. The lowest BCUT2D eigenvalue weighted by Gasteiger charge is -2.04. The van der Waals surface area contributed by atoms with Crippen molar-refractivity contribution < 1.29 is 9.18 Å². The molecule has 1 aliphatic rings. The second kappa shape index (κ2) is 3.19. The predicted molar refractivity (Wildman–Crippen MR) is 52.7 cm³/mol. The number of ketones is 1. The quantitative estimate of drug-likeness (QED) is 0.704. The Morgan fingerprint density at radius 1 is 1.50 bits per heavy atom. The summed E-state index contributed by atoms with van der Waals surface area (Å²) in [6.07, 6.45) is 0.889. The lowest BCUT2D eigenvalue weighted by molar-refractivity contribution is -0.118. The number of carbonyl (C=O) groups is 1. The molecule has 1 aromatic carbocycles. The smallest absolute Gasteiger partial charge is 0.133 e. The van der Waals surface area contributed by atoms with Crippen LogP contribution in [0.2, 0.25) is 0 Å². The molecule has 1 aromatic rings. The molecule has 74 valence electrons. The van der Waals surface area contributed by atoms with Gasteiger partial charge >= 0.3 is 0 Å². The van der Waals surface area contributed by atoms with Gasteiger partial charge in [-0.2, -0.15) is 0 Å². The summed E-state index contributed by atoms with van der Waals surface area (Å²) in [5.74, 6) is 0.453. The van der Waals surface area contributed by atoms with Crippen molar-refractivity contribution in [3.63, 3.8) is 0 Å². The van der Waals surface area contributed by atoms with E-state index in [2.05, 4.69) is 0 Å². The molecule has 0 amide bonds. The largest absolute Gasteiger partial charge is 0.300 e. The number of Topliss-reactive ketones (excluding diaryl/α,β-unsaturated/α-hetero) is 1. The normalized spacial score (nSPS) is 24.8. The summed E-state index contributed by atoms with van der Waals surface area (Å²) in [6.45, 7) is 3.39. The molecule has 1 nitrogen and oxygen atoms in total. The van der Waals surface area contributed by atoms with Crippen molar-refractivity contribution in [2.75, 3.05) is 0 Å². The van der Waals surface area contributed by atoms with Crippen molar-refractivity contribution in [1.82, 2.24) is 0 Å². The van der Waals surface area contributed by atoms with Gasteiger partial charge in [0.1, 0.15) is 11.6 Å². The van der Waals surface area contributed by atoms with E-state index in [9.17, 15) is 9.18 Å². The molecule has 0 aromatic heterocycles. The highest BCUT2D eigenvalue weighted by Crippen LogP contribution is 2.49. The first-order valence-electron chi connectivity index (χ1n) is 4.86. The van der Waals surface area contributed by atoms with Crippen LogP contribution in [-0.2, 0) is 4.79 Å².